The lowest BCUT2D eigenvalue weighted by Gasteiger charge is -2.08. The fourth-order valence-electron chi connectivity index (χ4n) is 1.84. The minimum Gasteiger partial charge on any atom is -0.357 e. The summed E-state index contributed by atoms with van der Waals surface area (Å²) in [5.74, 6) is 0. The topological polar surface area (TPSA) is 79.6 Å². The maximum absolute atomic E-state index is 10.6. The van der Waals surface area contributed by atoms with Crippen LogP contribution in [0, 0.1) is 10.1 Å². The molecule has 0 radical (unpaired) electrons. The number of benzene rings is 2. The van der Waals surface area contributed by atoms with E-state index in [1.807, 2.05) is 30.3 Å². The molecule has 2 rings (SSSR count). The number of nitro benzene ring substituents is 1. The van der Waals surface area contributed by atoms with Gasteiger partial charge >= 0.3 is 0 Å². The molecule has 0 amide bonds. The molecule has 2 aromatic carbocycles. The second-order valence-electron chi connectivity index (χ2n) is 4.78. The van der Waals surface area contributed by atoms with Crippen molar-refractivity contribution in [2.75, 3.05) is 0 Å². The number of rotatable bonds is 5. The molecule has 0 saturated heterocycles. The van der Waals surface area contributed by atoms with Gasteiger partial charge in [0.25, 0.3) is 5.69 Å². The molecule has 7 heteroatoms. The average molecular weight is 328 g/mol. The molecule has 2 aromatic rings. The van der Waals surface area contributed by atoms with Crippen molar-refractivity contribution in [2.45, 2.75) is 13.5 Å². The predicted molar refractivity (Wildman–Crippen MR) is 94.3 cm³/mol. The smallest absolute Gasteiger partial charge is 0.269 e. The Balaban J connectivity index is 1.88. The Kier molecular flexibility index (Phi) is 5.76. The lowest BCUT2D eigenvalue weighted by molar-refractivity contribution is -0.384. The van der Waals surface area contributed by atoms with E-state index in [0.717, 1.165) is 11.1 Å². The molecular formula is C16H16N4O2S. The zero-order valence-corrected chi connectivity index (χ0v) is 13.3. The average Bonchev–Trinajstić information content (AvgIpc) is 2.58. The number of non-ortho nitro benzene ring substituents is 1. The third kappa shape index (κ3) is 5.15. The first-order chi connectivity index (χ1) is 11.1. The maximum Gasteiger partial charge on any atom is 0.269 e. The van der Waals surface area contributed by atoms with Crippen LogP contribution in [0.1, 0.15) is 18.1 Å². The second kappa shape index (κ2) is 8.00. The Hall–Kier alpha value is -2.80. The quantitative estimate of drug-likeness (QED) is 0.382. The molecule has 0 aliphatic rings. The summed E-state index contributed by atoms with van der Waals surface area (Å²) in [7, 11) is 0. The summed E-state index contributed by atoms with van der Waals surface area (Å²) in [4.78, 5) is 10.2. The van der Waals surface area contributed by atoms with Crippen LogP contribution in [0.5, 0.6) is 0 Å². The highest BCUT2D eigenvalue weighted by Crippen LogP contribution is 2.12. The van der Waals surface area contributed by atoms with Crippen LogP contribution in [-0.4, -0.2) is 15.7 Å². The highest BCUT2D eigenvalue weighted by molar-refractivity contribution is 7.80. The van der Waals surface area contributed by atoms with Crippen molar-refractivity contribution >= 4 is 28.7 Å². The number of hydrogen-bond acceptors (Lipinski definition) is 4. The number of nitro groups is 1. The van der Waals surface area contributed by atoms with Gasteiger partial charge in [-0.15, -0.1) is 0 Å². The molecule has 0 fully saturated rings. The molecule has 118 valence electrons. The van der Waals surface area contributed by atoms with E-state index in [1.165, 1.54) is 12.1 Å². The number of hydrazone groups is 1. The standard InChI is InChI=1S/C16H16N4O2S/c1-12(14-7-9-15(10-8-14)20(21)22)18-19-16(23)17-11-13-5-3-2-4-6-13/h2-10H,11H2,1H3,(H2,17,19,23)/b18-12+. The molecule has 6 nitrogen and oxygen atoms in total. The van der Waals surface area contributed by atoms with E-state index in [2.05, 4.69) is 15.8 Å². The summed E-state index contributed by atoms with van der Waals surface area (Å²) in [5, 5.41) is 18.3. The molecule has 0 aromatic heterocycles. The number of thiocarbonyl (C=S) groups is 1. The van der Waals surface area contributed by atoms with Gasteiger partial charge in [-0.05, 0) is 42.4 Å². The second-order valence-corrected chi connectivity index (χ2v) is 5.19. The third-order valence-corrected chi connectivity index (χ3v) is 3.35. The van der Waals surface area contributed by atoms with Crippen LogP contribution >= 0.6 is 12.2 Å². The Morgan fingerprint density at radius 1 is 1.17 bits per heavy atom. The van der Waals surface area contributed by atoms with E-state index < -0.39 is 4.92 Å². The van der Waals surface area contributed by atoms with Crippen LogP contribution in [0.2, 0.25) is 0 Å². The molecule has 0 bridgehead atoms. The molecule has 2 N–H and O–H groups in total. The highest BCUT2D eigenvalue weighted by Gasteiger charge is 2.05. The van der Waals surface area contributed by atoms with Crippen molar-refractivity contribution in [1.29, 1.82) is 0 Å². The first-order valence-electron chi connectivity index (χ1n) is 6.93. The van der Waals surface area contributed by atoms with Crippen LogP contribution in [0.15, 0.2) is 59.7 Å². The molecule has 0 unspecified atom stereocenters. The van der Waals surface area contributed by atoms with Gasteiger partial charge in [0.15, 0.2) is 5.11 Å². The summed E-state index contributed by atoms with van der Waals surface area (Å²) < 4.78 is 0. The number of hydrogen-bond donors (Lipinski definition) is 2. The van der Waals surface area contributed by atoms with E-state index >= 15 is 0 Å². The van der Waals surface area contributed by atoms with Crippen LogP contribution in [0.25, 0.3) is 0 Å². The summed E-state index contributed by atoms with van der Waals surface area (Å²) in [6.07, 6.45) is 0. The van der Waals surface area contributed by atoms with Gasteiger partial charge in [-0.25, -0.2) is 0 Å². The van der Waals surface area contributed by atoms with Crippen LogP contribution < -0.4 is 10.7 Å². The Labute approximate surface area is 139 Å². The van der Waals surface area contributed by atoms with Crippen LogP contribution in [0.3, 0.4) is 0 Å². The lowest BCUT2D eigenvalue weighted by atomic mass is 10.1. The van der Waals surface area contributed by atoms with E-state index in [0.29, 0.717) is 17.4 Å². The van der Waals surface area contributed by atoms with Crippen molar-refractivity contribution in [3.05, 3.63) is 75.8 Å². The molecule has 0 heterocycles. The molecular weight excluding hydrogens is 312 g/mol. The van der Waals surface area contributed by atoms with E-state index in [1.54, 1.807) is 19.1 Å². The van der Waals surface area contributed by atoms with Gasteiger partial charge in [-0.2, -0.15) is 5.10 Å². The molecule has 0 atom stereocenters. The van der Waals surface area contributed by atoms with Crippen molar-refractivity contribution < 1.29 is 4.92 Å². The van der Waals surface area contributed by atoms with Crippen molar-refractivity contribution in [1.82, 2.24) is 10.7 Å². The van der Waals surface area contributed by atoms with Crippen LogP contribution in [0.4, 0.5) is 5.69 Å². The van der Waals surface area contributed by atoms with Gasteiger partial charge in [-0.3, -0.25) is 15.5 Å². The van der Waals surface area contributed by atoms with Gasteiger partial charge in [0.05, 0.1) is 10.6 Å². The fraction of sp³-hybridized carbons (Fsp3) is 0.125. The molecule has 23 heavy (non-hydrogen) atoms. The normalized spacial score (nSPS) is 10.9. The molecule has 0 spiro atoms. The van der Waals surface area contributed by atoms with Crippen LogP contribution in [-0.2, 0) is 6.54 Å². The lowest BCUT2D eigenvalue weighted by Crippen LogP contribution is -2.32. The first kappa shape index (κ1) is 16.6. The van der Waals surface area contributed by atoms with E-state index in [-0.39, 0.29) is 5.69 Å². The number of nitrogens with zero attached hydrogens (tertiary/aromatic N) is 2. The van der Waals surface area contributed by atoms with E-state index in [4.69, 9.17) is 12.2 Å². The minimum atomic E-state index is -0.433. The van der Waals surface area contributed by atoms with Crippen molar-refractivity contribution in [3.63, 3.8) is 0 Å². The van der Waals surface area contributed by atoms with Gasteiger partial charge in [0.1, 0.15) is 0 Å². The summed E-state index contributed by atoms with van der Waals surface area (Å²) in [5.41, 5.74) is 5.40. The Morgan fingerprint density at radius 2 is 1.83 bits per heavy atom. The Bertz CT molecular complexity index is 715. The summed E-state index contributed by atoms with van der Waals surface area (Å²) in [6, 6.07) is 16.1. The zero-order valence-electron chi connectivity index (χ0n) is 12.5. The maximum atomic E-state index is 10.6. The molecule has 0 aliphatic heterocycles. The zero-order chi connectivity index (χ0) is 16.7. The summed E-state index contributed by atoms with van der Waals surface area (Å²) >= 11 is 5.16. The van der Waals surface area contributed by atoms with Crippen molar-refractivity contribution in [3.8, 4) is 0 Å². The number of nitrogens with one attached hydrogen (secondary N) is 2. The largest absolute Gasteiger partial charge is 0.357 e. The fourth-order valence-corrected chi connectivity index (χ4v) is 1.96. The molecule has 0 saturated carbocycles. The van der Waals surface area contributed by atoms with Gasteiger partial charge in [0.2, 0.25) is 0 Å². The Morgan fingerprint density at radius 3 is 2.43 bits per heavy atom. The van der Waals surface area contributed by atoms with Gasteiger partial charge in [-0.1, -0.05) is 30.3 Å². The predicted octanol–water partition coefficient (Wildman–Crippen LogP) is 2.98. The minimum absolute atomic E-state index is 0.0505. The molecule has 0 aliphatic carbocycles. The van der Waals surface area contributed by atoms with Gasteiger partial charge in [0, 0.05) is 18.7 Å². The highest BCUT2D eigenvalue weighted by atomic mass is 32.1. The van der Waals surface area contributed by atoms with E-state index in [9.17, 15) is 10.1 Å². The first-order valence-corrected chi connectivity index (χ1v) is 7.34. The monoisotopic (exact) mass is 328 g/mol. The summed E-state index contributed by atoms with van der Waals surface area (Å²) in [6.45, 7) is 2.41. The van der Waals surface area contributed by atoms with Gasteiger partial charge < -0.3 is 5.32 Å². The van der Waals surface area contributed by atoms with Crippen molar-refractivity contribution in [2.24, 2.45) is 5.10 Å². The SMILES string of the molecule is C/C(=N\NC(=S)NCc1ccccc1)c1ccc([N+](=O)[O-])cc1. The third-order valence-electron chi connectivity index (χ3n) is 3.12.